The Morgan fingerprint density at radius 1 is 0.795 bits per heavy atom. The van der Waals surface area contributed by atoms with E-state index in [1.165, 1.54) is 39.5 Å². The number of hydrogen-bond acceptors (Lipinski definition) is 7. The second-order valence-corrected chi connectivity index (χ2v) is 12.1. The lowest BCUT2D eigenvalue weighted by Crippen LogP contribution is -2.51. The number of anilines is 1. The molecule has 1 heterocycles. The number of nitrogens with one attached hydrogen (secondary N) is 1. The van der Waals surface area contributed by atoms with E-state index in [0.717, 1.165) is 12.1 Å². The Balaban J connectivity index is 1.32. The molecule has 14 heteroatoms. The van der Waals surface area contributed by atoms with Gasteiger partial charge in [-0.25, -0.2) is 30.4 Å². The molecule has 0 aromatic heterocycles. The fourth-order valence-electron chi connectivity index (χ4n) is 3.79. The summed E-state index contributed by atoms with van der Waals surface area (Å²) in [5, 5.41) is 0. The highest BCUT2D eigenvalue weighted by Crippen LogP contribution is 2.20. The van der Waals surface area contributed by atoms with Gasteiger partial charge in [-0.1, -0.05) is 24.3 Å². The Morgan fingerprint density at radius 2 is 1.49 bits per heavy atom. The van der Waals surface area contributed by atoms with Crippen LogP contribution >= 0.6 is 0 Å². The molecule has 1 saturated heterocycles. The molecule has 4 rings (SSSR count). The standard InChI is InChI=1S/C25H23F2N3O7S2/c26-22-10-9-21(16-23(22)27)38(33,34)28-19-6-4-5-18(15-19)25(32)37-17-24(31)29-11-13-30(14-12-29)39(35,36)20-7-2-1-3-8-20/h1-10,15-16,28H,11-14,17H2. The first-order chi connectivity index (χ1) is 18.5. The number of sulfonamides is 2. The number of nitrogens with zero attached hydrogens (tertiary/aromatic N) is 2. The van der Waals surface area contributed by atoms with E-state index in [1.54, 1.807) is 18.2 Å². The first-order valence-electron chi connectivity index (χ1n) is 11.6. The third kappa shape index (κ3) is 6.58. The summed E-state index contributed by atoms with van der Waals surface area (Å²) in [6.07, 6.45) is 0. The predicted octanol–water partition coefficient (Wildman–Crippen LogP) is 2.46. The summed E-state index contributed by atoms with van der Waals surface area (Å²) in [4.78, 5) is 26.1. The summed E-state index contributed by atoms with van der Waals surface area (Å²) in [6.45, 7) is -0.212. The molecule has 39 heavy (non-hydrogen) atoms. The van der Waals surface area contributed by atoms with E-state index in [1.807, 2.05) is 0 Å². The molecule has 3 aromatic carbocycles. The molecule has 1 N–H and O–H groups in total. The van der Waals surface area contributed by atoms with Crippen molar-refractivity contribution in [2.24, 2.45) is 0 Å². The van der Waals surface area contributed by atoms with Gasteiger partial charge in [0.15, 0.2) is 18.2 Å². The first-order valence-corrected chi connectivity index (χ1v) is 14.5. The van der Waals surface area contributed by atoms with Gasteiger partial charge in [0.25, 0.3) is 15.9 Å². The van der Waals surface area contributed by atoms with E-state index >= 15 is 0 Å². The van der Waals surface area contributed by atoms with Gasteiger partial charge in [0, 0.05) is 31.9 Å². The van der Waals surface area contributed by atoms with Crippen LogP contribution in [0.3, 0.4) is 0 Å². The normalized spacial score (nSPS) is 14.6. The van der Waals surface area contributed by atoms with Gasteiger partial charge in [-0.3, -0.25) is 9.52 Å². The van der Waals surface area contributed by atoms with Crippen molar-refractivity contribution < 1.29 is 39.9 Å². The molecule has 3 aromatic rings. The summed E-state index contributed by atoms with van der Waals surface area (Å²) >= 11 is 0. The Kier molecular flexibility index (Phi) is 8.28. The van der Waals surface area contributed by atoms with E-state index in [4.69, 9.17) is 4.74 Å². The second-order valence-electron chi connectivity index (χ2n) is 8.44. The maximum atomic E-state index is 13.5. The number of rotatable bonds is 8. The lowest BCUT2D eigenvalue weighted by Gasteiger charge is -2.33. The van der Waals surface area contributed by atoms with Crippen molar-refractivity contribution >= 4 is 37.6 Å². The molecule has 0 bridgehead atoms. The maximum Gasteiger partial charge on any atom is 0.338 e. The van der Waals surface area contributed by atoms with E-state index in [0.29, 0.717) is 12.1 Å². The van der Waals surface area contributed by atoms with Crippen molar-refractivity contribution in [1.82, 2.24) is 9.21 Å². The number of carbonyl (C=O) groups is 2. The van der Waals surface area contributed by atoms with Crippen LogP contribution in [-0.4, -0.2) is 70.7 Å². The summed E-state index contributed by atoms with van der Waals surface area (Å²) in [7, 11) is -7.97. The van der Waals surface area contributed by atoms with Crippen molar-refractivity contribution in [3.8, 4) is 0 Å². The van der Waals surface area contributed by atoms with Gasteiger partial charge in [-0.15, -0.1) is 0 Å². The smallest absolute Gasteiger partial charge is 0.338 e. The molecule has 1 fully saturated rings. The highest BCUT2D eigenvalue weighted by molar-refractivity contribution is 7.92. The first kappa shape index (κ1) is 28.1. The molecule has 0 saturated carbocycles. The van der Waals surface area contributed by atoms with Crippen molar-refractivity contribution in [2.75, 3.05) is 37.5 Å². The van der Waals surface area contributed by atoms with Crippen LogP contribution in [0.15, 0.2) is 82.6 Å². The molecule has 0 radical (unpaired) electrons. The predicted molar refractivity (Wildman–Crippen MR) is 136 cm³/mol. The topological polar surface area (TPSA) is 130 Å². The lowest BCUT2D eigenvalue weighted by atomic mass is 10.2. The Labute approximate surface area is 223 Å². The van der Waals surface area contributed by atoms with Gasteiger partial charge in [0.05, 0.1) is 15.4 Å². The number of piperazine rings is 1. The summed E-state index contributed by atoms with van der Waals surface area (Å²) in [6, 6.07) is 15.3. The maximum absolute atomic E-state index is 13.5. The molecule has 0 aliphatic carbocycles. The monoisotopic (exact) mass is 579 g/mol. The molecule has 206 valence electrons. The third-order valence-corrected chi connectivity index (χ3v) is 9.14. The fourth-order valence-corrected chi connectivity index (χ4v) is 6.29. The average Bonchev–Trinajstić information content (AvgIpc) is 2.93. The Morgan fingerprint density at radius 3 is 2.15 bits per heavy atom. The molecule has 10 nitrogen and oxygen atoms in total. The Bertz CT molecular complexity index is 1590. The minimum Gasteiger partial charge on any atom is -0.452 e. The minimum atomic E-state index is -4.28. The van der Waals surface area contributed by atoms with Crippen molar-refractivity contribution in [3.05, 3.63) is 90.0 Å². The van der Waals surface area contributed by atoms with Gasteiger partial charge in [0.1, 0.15) is 0 Å². The number of benzene rings is 3. The average molecular weight is 580 g/mol. The van der Waals surface area contributed by atoms with Crippen LogP contribution in [0.25, 0.3) is 0 Å². The van der Waals surface area contributed by atoms with Crippen molar-refractivity contribution in [3.63, 3.8) is 0 Å². The molecule has 0 atom stereocenters. The SMILES string of the molecule is O=C(OCC(=O)N1CCN(S(=O)(=O)c2ccccc2)CC1)c1cccc(NS(=O)(=O)c2ccc(F)c(F)c2)c1. The van der Waals surface area contributed by atoms with Crippen LogP contribution in [0.1, 0.15) is 10.4 Å². The molecule has 1 aliphatic rings. The van der Waals surface area contributed by atoms with Crippen molar-refractivity contribution in [2.45, 2.75) is 9.79 Å². The number of halogens is 2. The van der Waals surface area contributed by atoms with Crippen LogP contribution in [0.2, 0.25) is 0 Å². The molecular weight excluding hydrogens is 556 g/mol. The van der Waals surface area contributed by atoms with Gasteiger partial charge in [0.2, 0.25) is 10.0 Å². The van der Waals surface area contributed by atoms with Crippen molar-refractivity contribution in [1.29, 1.82) is 0 Å². The largest absolute Gasteiger partial charge is 0.452 e. The molecule has 0 unspecified atom stereocenters. The molecule has 1 amide bonds. The highest BCUT2D eigenvalue weighted by atomic mass is 32.2. The number of ether oxygens (including phenoxy) is 1. The van der Waals surface area contributed by atoms with Crippen LogP contribution in [0.5, 0.6) is 0 Å². The third-order valence-electron chi connectivity index (χ3n) is 5.85. The Hall–Kier alpha value is -3.88. The second kappa shape index (κ2) is 11.5. The van der Waals surface area contributed by atoms with Crippen LogP contribution in [0.4, 0.5) is 14.5 Å². The van der Waals surface area contributed by atoms with Gasteiger partial charge < -0.3 is 9.64 Å². The van der Waals surface area contributed by atoms with E-state index < -0.39 is 55.1 Å². The molecule has 1 aliphatic heterocycles. The van der Waals surface area contributed by atoms with E-state index in [9.17, 15) is 35.2 Å². The number of amides is 1. The van der Waals surface area contributed by atoms with Crippen LogP contribution in [0, 0.1) is 11.6 Å². The number of esters is 1. The summed E-state index contributed by atoms with van der Waals surface area (Å²) < 4.78 is 85.6. The molecular formula is C25H23F2N3O7S2. The van der Waals surface area contributed by atoms with Gasteiger partial charge in [-0.2, -0.15) is 4.31 Å². The summed E-state index contributed by atoms with van der Waals surface area (Å²) in [5.74, 6) is -3.95. The van der Waals surface area contributed by atoms with Crippen LogP contribution < -0.4 is 4.72 Å². The summed E-state index contributed by atoms with van der Waals surface area (Å²) in [5.41, 5.74) is -0.108. The van der Waals surface area contributed by atoms with E-state index in [-0.39, 0.29) is 42.3 Å². The van der Waals surface area contributed by atoms with Crippen LogP contribution in [-0.2, 0) is 29.6 Å². The van der Waals surface area contributed by atoms with Gasteiger partial charge in [-0.05, 0) is 48.5 Å². The zero-order valence-corrected chi connectivity index (χ0v) is 21.9. The van der Waals surface area contributed by atoms with E-state index in [2.05, 4.69) is 4.72 Å². The lowest BCUT2D eigenvalue weighted by molar-refractivity contribution is -0.135. The zero-order valence-electron chi connectivity index (χ0n) is 20.3. The number of hydrogen-bond donors (Lipinski definition) is 1. The minimum absolute atomic E-state index is 0.0451. The quantitative estimate of drug-likeness (QED) is 0.406. The van der Waals surface area contributed by atoms with Gasteiger partial charge >= 0.3 is 5.97 Å². The zero-order chi connectivity index (χ0) is 28.2. The number of carbonyl (C=O) groups excluding carboxylic acids is 2. The fraction of sp³-hybridized carbons (Fsp3) is 0.200. The highest BCUT2D eigenvalue weighted by Gasteiger charge is 2.30. The molecule has 0 spiro atoms.